The van der Waals surface area contributed by atoms with Crippen LogP contribution in [-0.4, -0.2) is 47.3 Å². The fraction of sp³-hybridized carbons (Fsp3) is 0.346. The molecule has 0 saturated carbocycles. The van der Waals surface area contributed by atoms with Gasteiger partial charge in [-0.2, -0.15) is 0 Å². The van der Waals surface area contributed by atoms with E-state index in [2.05, 4.69) is 16.4 Å². The molecule has 1 aliphatic rings. The summed E-state index contributed by atoms with van der Waals surface area (Å²) < 4.78 is 10.7. The second-order valence-electron chi connectivity index (χ2n) is 8.58. The van der Waals surface area contributed by atoms with Crippen molar-refractivity contribution in [2.45, 2.75) is 39.3 Å². The van der Waals surface area contributed by atoms with E-state index in [1.807, 2.05) is 36.9 Å². The van der Waals surface area contributed by atoms with Gasteiger partial charge in [0.2, 0.25) is 0 Å². The first-order valence-electron chi connectivity index (χ1n) is 11.3. The molecular formula is C26H29N3O4S. The molecule has 2 heterocycles. The number of aromatic amines is 1. The SMILES string of the molecule is COC(=O)c1ccccc1NC(=S)N(Cc1cc2ccc(C)c(C)c2[nH]c1=O)C[C@H]1CCCO1. The predicted molar refractivity (Wildman–Crippen MR) is 137 cm³/mol. The molecule has 1 saturated heterocycles. The number of para-hydroxylation sites is 1. The van der Waals surface area contributed by atoms with Crippen LogP contribution in [0.25, 0.3) is 10.9 Å². The second-order valence-corrected chi connectivity index (χ2v) is 8.96. The fourth-order valence-corrected chi connectivity index (χ4v) is 4.47. The summed E-state index contributed by atoms with van der Waals surface area (Å²) in [7, 11) is 1.34. The van der Waals surface area contributed by atoms with Crippen molar-refractivity contribution in [2.75, 3.05) is 25.6 Å². The summed E-state index contributed by atoms with van der Waals surface area (Å²) in [5.74, 6) is -0.451. The third-order valence-corrected chi connectivity index (χ3v) is 6.66. The number of anilines is 1. The number of nitrogens with one attached hydrogen (secondary N) is 2. The van der Waals surface area contributed by atoms with Crippen LogP contribution in [0.1, 0.15) is 39.9 Å². The molecule has 2 N–H and O–H groups in total. The number of rotatable bonds is 6. The van der Waals surface area contributed by atoms with E-state index in [9.17, 15) is 9.59 Å². The normalized spacial score (nSPS) is 15.3. The highest BCUT2D eigenvalue weighted by Crippen LogP contribution is 2.22. The number of carbonyl (C=O) groups excluding carboxylic acids is 1. The predicted octanol–water partition coefficient (Wildman–Crippen LogP) is 4.31. The summed E-state index contributed by atoms with van der Waals surface area (Å²) in [6.45, 7) is 5.61. The van der Waals surface area contributed by atoms with Gasteiger partial charge >= 0.3 is 5.97 Å². The standard InChI is InChI=1S/C26H29N3O4S/c1-16-10-11-18-13-19(24(30)28-23(18)17(16)2)14-29(15-20-7-6-12-33-20)26(34)27-22-9-5-4-8-21(22)25(31)32-3/h4-5,8-11,13,20H,6-7,12,14-15H2,1-3H3,(H,27,34)(H,28,30)/t20-/m1/s1. The zero-order valence-electron chi connectivity index (χ0n) is 19.6. The summed E-state index contributed by atoms with van der Waals surface area (Å²) in [6.07, 6.45) is 1.96. The fourth-order valence-electron chi connectivity index (χ4n) is 4.22. The Morgan fingerprint density at radius 2 is 2.06 bits per heavy atom. The molecule has 1 aromatic heterocycles. The largest absolute Gasteiger partial charge is 0.465 e. The number of hydrogen-bond acceptors (Lipinski definition) is 5. The van der Waals surface area contributed by atoms with Crippen molar-refractivity contribution in [1.29, 1.82) is 0 Å². The number of aromatic nitrogens is 1. The summed E-state index contributed by atoms with van der Waals surface area (Å²) >= 11 is 5.75. The van der Waals surface area contributed by atoms with Gasteiger partial charge in [-0.3, -0.25) is 4.79 Å². The number of H-pyrrole nitrogens is 1. The van der Waals surface area contributed by atoms with Gasteiger partial charge in [-0.15, -0.1) is 0 Å². The van der Waals surface area contributed by atoms with Crippen LogP contribution in [0.2, 0.25) is 0 Å². The molecule has 1 aliphatic heterocycles. The van der Waals surface area contributed by atoms with Crippen molar-refractivity contribution in [3.63, 3.8) is 0 Å². The Hall–Kier alpha value is -3.23. The molecule has 3 aromatic rings. The maximum absolute atomic E-state index is 13.0. The van der Waals surface area contributed by atoms with Gasteiger partial charge in [0.15, 0.2) is 5.11 Å². The minimum atomic E-state index is -0.451. The van der Waals surface area contributed by atoms with Crippen molar-refractivity contribution >= 4 is 39.9 Å². The molecule has 8 heteroatoms. The van der Waals surface area contributed by atoms with Crippen LogP contribution in [0.15, 0.2) is 47.3 Å². The molecule has 2 aromatic carbocycles. The van der Waals surface area contributed by atoms with E-state index < -0.39 is 5.97 Å². The van der Waals surface area contributed by atoms with E-state index in [-0.39, 0.29) is 11.7 Å². The number of hydrogen-bond donors (Lipinski definition) is 2. The lowest BCUT2D eigenvalue weighted by Crippen LogP contribution is -2.40. The van der Waals surface area contributed by atoms with E-state index >= 15 is 0 Å². The number of thiocarbonyl (C=S) groups is 1. The number of fused-ring (bicyclic) bond motifs is 1. The minimum Gasteiger partial charge on any atom is -0.465 e. The summed E-state index contributed by atoms with van der Waals surface area (Å²) in [4.78, 5) is 30.2. The smallest absolute Gasteiger partial charge is 0.339 e. The zero-order chi connectivity index (χ0) is 24.2. The number of pyridine rings is 1. The lowest BCUT2D eigenvalue weighted by molar-refractivity contribution is 0.0602. The van der Waals surface area contributed by atoms with Gasteiger partial charge in [-0.05, 0) is 73.6 Å². The Bertz CT molecular complexity index is 1280. The number of ether oxygens (including phenoxy) is 2. The minimum absolute atomic E-state index is 0.0278. The Kier molecular flexibility index (Phi) is 7.29. The number of aryl methyl sites for hydroxylation is 2. The molecule has 0 unspecified atom stereocenters. The lowest BCUT2D eigenvalue weighted by atomic mass is 10.0. The zero-order valence-corrected chi connectivity index (χ0v) is 20.5. The van der Waals surface area contributed by atoms with E-state index in [1.54, 1.807) is 18.2 Å². The van der Waals surface area contributed by atoms with Crippen LogP contribution in [0.5, 0.6) is 0 Å². The maximum atomic E-state index is 13.0. The van der Waals surface area contributed by atoms with Gasteiger partial charge in [0.25, 0.3) is 5.56 Å². The van der Waals surface area contributed by atoms with Crippen LogP contribution in [0.3, 0.4) is 0 Å². The van der Waals surface area contributed by atoms with Crippen molar-refractivity contribution < 1.29 is 14.3 Å². The van der Waals surface area contributed by atoms with Crippen LogP contribution in [0, 0.1) is 13.8 Å². The van der Waals surface area contributed by atoms with E-state index in [4.69, 9.17) is 21.7 Å². The average molecular weight is 480 g/mol. The van der Waals surface area contributed by atoms with Crippen molar-refractivity contribution in [1.82, 2.24) is 9.88 Å². The van der Waals surface area contributed by atoms with Crippen LogP contribution < -0.4 is 10.9 Å². The first kappa shape index (κ1) is 23.9. The van der Waals surface area contributed by atoms with Crippen molar-refractivity contribution in [3.8, 4) is 0 Å². The molecule has 34 heavy (non-hydrogen) atoms. The van der Waals surface area contributed by atoms with Gasteiger partial charge in [0, 0.05) is 18.7 Å². The molecule has 0 spiro atoms. The third-order valence-electron chi connectivity index (χ3n) is 6.30. The molecule has 0 aliphatic carbocycles. The van der Waals surface area contributed by atoms with E-state index in [0.29, 0.717) is 35.0 Å². The lowest BCUT2D eigenvalue weighted by Gasteiger charge is -2.28. The molecule has 4 rings (SSSR count). The highest BCUT2D eigenvalue weighted by Gasteiger charge is 2.23. The van der Waals surface area contributed by atoms with Crippen molar-refractivity contribution in [2.24, 2.45) is 0 Å². The van der Waals surface area contributed by atoms with Gasteiger partial charge in [0.1, 0.15) is 0 Å². The quantitative estimate of drug-likeness (QED) is 0.403. The van der Waals surface area contributed by atoms with Crippen molar-refractivity contribution in [3.05, 3.63) is 75.1 Å². The molecule has 7 nitrogen and oxygen atoms in total. The molecule has 0 bridgehead atoms. The molecule has 0 radical (unpaired) electrons. The number of esters is 1. The molecular weight excluding hydrogens is 450 g/mol. The maximum Gasteiger partial charge on any atom is 0.339 e. The van der Waals surface area contributed by atoms with Gasteiger partial charge in [-0.1, -0.05) is 24.3 Å². The van der Waals surface area contributed by atoms with Gasteiger partial charge < -0.3 is 24.7 Å². The van der Waals surface area contributed by atoms with E-state index in [0.717, 1.165) is 41.5 Å². The topological polar surface area (TPSA) is 83.7 Å². The third kappa shape index (κ3) is 5.13. The van der Waals surface area contributed by atoms with Crippen LogP contribution in [0.4, 0.5) is 5.69 Å². The Morgan fingerprint density at radius 3 is 2.79 bits per heavy atom. The number of methoxy groups -OCH3 is 1. The second kappa shape index (κ2) is 10.4. The molecule has 1 fully saturated rings. The number of nitrogens with zero attached hydrogens (tertiary/aromatic N) is 1. The highest BCUT2D eigenvalue weighted by atomic mass is 32.1. The summed E-state index contributed by atoms with van der Waals surface area (Å²) in [5.41, 5.74) is 4.45. The molecule has 178 valence electrons. The first-order valence-corrected chi connectivity index (χ1v) is 11.7. The first-order chi connectivity index (χ1) is 16.4. The summed E-state index contributed by atoms with van der Waals surface area (Å²) in [6, 6.07) is 13.0. The van der Waals surface area contributed by atoms with Gasteiger partial charge in [0.05, 0.1) is 36.5 Å². The number of carbonyl (C=O) groups is 1. The average Bonchev–Trinajstić information content (AvgIpc) is 3.35. The Balaban J connectivity index is 1.64. The van der Waals surface area contributed by atoms with Crippen LogP contribution in [-0.2, 0) is 16.0 Å². The van der Waals surface area contributed by atoms with Gasteiger partial charge in [-0.25, -0.2) is 4.79 Å². The number of benzene rings is 2. The van der Waals surface area contributed by atoms with E-state index in [1.165, 1.54) is 7.11 Å². The Morgan fingerprint density at radius 1 is 1.26 bits per heavy atom. The molecule has 1 atom stereocenters. The summed E-state index contributed by atoms with van der Waals surface area (Å²) in [5, 5.41) is 4.57. The monoisotopic (exact) mass is 479 g/mol. The Labute approximate surface area is 204 Å². The highest BCUT2D eigenvalue weighted by molar-refractivity contribution is 7.80. The van der Waals surface area contributed by atoms with Crippen LogP contribution >= 0.6 is 12.2 Å². The molecule has 0 amide bonds.